The molecule has 3 saturated heterocycles. The number of aliphatic hydroxyl groups excluding tert-OH is 1. The Balaban J connectivity index is 2.11. The maximum atomic E-state index is 13.8. The monoisotopic (exact) mass is 504 g/mol. The molecule has 3 aliphatic rings. The molecule has 0 aliphatic carbocycles. The molecular formula is C21H33BrN2O5S. The molecule has 0 radical (unpaired) electrons. The second kappa shape index (κ2) is 8.28. The molecule has 3 heterocycles. The summed E-state index contributed by atoms with van der Waals surface area (Å²) in [6.45, 7) is 11.3. The summed E-state index contributed by atoms with van der Waals surface area (Å²) in [5.74, 6) is -2.08. The Bertz CT molecular complexity index is 727. The Hall–Kier alpha value is -0.800. The highest BCUT2D eigenvalue weighted by Gasteiger charge is 2.76. The number of hydrogen-bond acceptors (Lipinski definition) is 6. The lowest BCUT2D eigenvalue weighted by Crippen LogP contribution is -2.60. The summed E-state index contributed by atoms with van der Waals surface area (Å²) in [6, 6.07) is -1.24. The smallest absolute Gasteiger partial charge is 0.310 e. The van der Waals surface area contributed by atoms with E-state index in [1.807, 2.05) is 34.6 Å². The van der Waals surface area contributed by atoms with E-state index in [4.69, 9.17) is 4.74 Å². The van der Waals surface area contributed by atoms with Crippen LogP contribution in [0, 0.1) is 17.8 Å². The zero-order valence-corrected chi connectivity index (χ0v) is 20.9. The molecule has 1 spiro atoms. The van der Waals surface area contributed by atoms with Gasteiger partial charge in [-0.25, -0.2) is 0 Å². The summed E-state index contributed by atoms with van der Waals surface area (Å²) in [4.78, 5) is 41.8. The van der Waals surface area contributed by atoms with Gasteiger partial charge in [0, 0.05) is 15.6 Å². The van der Waals surface area contributed by atoms with Crippen molar-refractivity contribution in [3.05, 3.63) is 0 Å². The van der Waals surface area contributed by atoms with Crippen LogP contribution in [0.15, 0.2) is 0 Å². The van der Waals surface area contributed by atoms with E-state index >= 15 is 0 Å². The third-order valence-electron chi connectivity index (χ3n) is 6.35. The molecule has 30 heavy (non-hydrogen) atoms. The van der Waals surface area contributed by atoms with Crippen molar-refractivity contribution in [1.82, 2.24) is 10.2 Å². The Kier molecular flexibility index (Phi) is 6.58. The van der Waals surface area contributed by atoms with Crippen molar-refractivity contribution >= 4 is 45.5 Å². The maximum absolute atomic E-state index is 13.8. The number of esters is 1. The predicted molar refractivity (Wildman–Crippen MR) is 119 cm³/mol. The molecule has 3 rings (SSSR count). The van der Waals surface area contributed by atoms with Gasteiger partial charge in [0.2, 0.25) is 11.8 Å². The minimum absolute atomic E-state index is 0.0115. The van der Waals surface area contributed by atoms with Crippen molar-refractivity contribution in [3.8, 4) is 0 Å². The van der Waals surface area contributed by atoms with Crippen molar-refractivity contribution in [2.24, 2.45) is 17.8 Å². The fourth-order valence-electron chi connectivity index (χ4n) is 5.29. The Morgan fingerprint density at radius 2 is 2.03 bits per heavy atom. The fourth-order valence-corrected chi connectivity index (χ4v) is 8.88. The number of fused-ring (bicyclic) bond motifs is 1. The first-order valence-electron chi connectivity index (χ1n) is 10.6. The first-order chi connectivity index (χ1) is 13.9. The van der Waals surface area contributed by atoms with E-state index in [0.717, 1.165) is 0 Å². The van der Waals surface area contributed by atoms with Crippen molar-refractivity contribution in [3.63, 3.8) is 0 Å². The summed E-state index contributed by atoms with van der Waals surface area (Å²) in [5.41, 5.74) is -0.470. The number of rotatable bonds is 6. The molecule has 2 N–H and O–H groups in total. The summed E-state index contributed by atoms with van der Waals surface area (Å²) in [6.07, 6.45) is 0.615. The highest BCUT2D eigenvalue weighted by atomic mass is 79.9. The summed E-state index contributed by atoms with van der Waals surface area (Å²) >= 11 is 5.28. The Morgan fingerprint density at radius 1 is 1.40 bits per heavy atom. The van der Waals surface area contributed by atoms with E-state index in [0.29, 0.717) is 6.42 Å². The van der Waals surface area contributed by atoms with Gasteiger partial charge < -0.3 is 20.1 Å². The number of halogens is 1. The van der Waals surface area contributed by atoms with E-state index in [1.54, 1.807) is 23.6 Å². The molecule has 3 unspecified atom stereocenters. The van der Waals surface area contributed by atoms with Gasteiger partial charge in [0.15, 0.2) is 0 Å². The number of hydrogen-bond donors (Lipinski definition) is 2. The van der Waals surface area contributed by atoms with E-state index < -0.39 is 34.2 Å². The van der Waals surface area contributed by atoms with Gasteiger partial charge in [-0.05, 0) is 40.0 Å². The number of nitrogens with zero attached hydrogens (tertiary/aromatic N) is 1. The van der Waals surface area contributed by atoms with Crippen LogP contribution in [-0.2, 0) is 19.1 Å². The van der Waals surface area contributed by atoms with Crippen LogP contribution in [-0.4, -0.2) is 73.5 Å². The van der Waals surface area contributed by atoms with Crippen LogP contribution in [0.25, 0.3) is 0 Å². The van der Waals surface area contributed by atoms with Gasteiger partial charge in [0.1, 0.15) is 6.04 Å². The molecule has 7 atom stereocenters. The zero-order valence-electron chi connectivity index (χ0n) is 18.5. The van der Waals surface area contributed by atoms with Crippen LogP contribution in [0.1, 0.15) is 48.0 Å². The molecule has 7 nitrogen and oxygen atoms in total. The number of aliphatic hydroxyl groups is 1. The Labute approximate surface area is 191 Å². The lowest BCUT2D eigenvalue weighted by atomic mass is 9.71. The highest BCUT2D eigenvalue weighted by molar-refractivity contribution is 9.09. The first-order valence-corrected chi connectivity index (χ1v) is 12.4. The molecule has 0 saturated carbocycles. The molecule has 2 amide bonds. The third kappa shape index (κ3) is 3.68. The molecule has 170 valence electrons. The molecular weight excluding hydrogens is 472 g/mol. The van der Waals surface area contributed by atoms with Crippen LogP contribution in [0.4, 0.5) is 0 Å². The number of ether oxygens (including phenoxy) is 1. The summed E-state index contributed by atoms with van der Waals surface area (Å²) in [5, 5.41) is 13.0. The van der Waals surface area contributed by atoms with Crippen molar-refractivity contribution in [1.29, 1.82) is 0 Å². The van der Waals surface area contributed by atoms with Crippen LogP contribution in [0.3, 0.4) is 0 Å². The zero-order chi connectivity index (χ0) is 22.6. The average Bonchev–Trinajstić information content (AvgIpc) is 3.18. The highest BCUT2D eigenvalue weighted by Crippen LogP contribution is 2.68. The quantitative estimate of drug-likeness (QED) is 0.423. The fraction of sp³-hybridized carbons (Fsp3) is 0.857. The minimum atomic E-state index is -0.747. The van der Waals surface area contributed by atoms with Crippen molar-refractivity contribution in [2.45, 2.75) is 80.4 Å². The van der Waals surface area contributed by atoms with Gasteiger partial charge in [-0.3, -0.25) is 14.4 Å². The molecule has 0 aromatic carbocycles. The van der Waals surface area contributed by atoms with Crippen LogP contribution >= 0.6 is 27.7 Å². The second-order valence-electron chi connectivity index (χ2n) is 9.89. The molecule has 0 aromatic heterocycles. The van der Waals surface area contributed by atoms with Gasteiger partial charge in [0.05, 0.1) is 35.8 Å². The molecule has 3 aliphatic heterocycles. The van der Waals surface area contributed by atoms with Crippen LogP contribution < -0.4 is 5.32 Å². The van der Waals surface area contributed by atoms with E-state index in [2.05, 4.69) is 21.2 Å². The molecule has 0 aromatic rings. The van der Waals surface area contributed by atoms with Gasteiger partial charge in [0.25, 0.3) is 0 Å². The second-order valence-corrected chi connectivity index (χ2v) is 12.6. The van der Waals surface area contributed by atoms with Gasteiger partial charge >= 0.3 is 5.97 Å². The van der Waals surface area contributed by atoms with Gasteiger partial charge in [-0.2, -0.15) is 0 Å². The topological polar surface area (TPSA) is 95.9 Å². The number of carbonyl (C=O) groups is 3. The normalized spacial score (nSPS) is 36.2. The number of thioether (sulfide) groups is 1. The largest absolute Gasteiger partial charge is 0.466 e. The number of likely N-dealkylation sites (tertiary alicyclic amines) is 1. The van der Waals surface area contributed by atoms with Crippen LogP contribution in [0.5, 0.6) is 0 Å². The maximum Gasteiger partial charge on any atom is 0.310 e. The Morgan fingerprint density at radius 3 is 2.53 bits per heavy atom. The minimum Gasteiger partial charge on any atom is -0.466 e. The van der Waals surface area contributed by atoms with Gasteiger partial charge in [-0.1, -0.05) is 29.8 Å². The number of nitrogens with one attached hydrogen (secondary N) is 1. The lowest BCUT2D eigenvalue weighted by Gasteiger charge is -2.39. The van der Waals surface area contributed by atoms with E-state index in [-0.39, 0.29) is 47.0 Å². The first kappa shape index (κ1) is 23.9. The SMILES string of the molecule is CCOC(=O)[C@H]1[C@@H]2SC3(CC2Br)C(C(=O)NC(C)(C)C)N([C@@H](CO)C(C)C)C(=O)[C@H]13. The number of alkyl halides is 1. The summed E-state index contributed by atoms with van der Waals surface area (Å²) < 4.78 is 4.61. The number of amides is 2. The summed E-state index contributed by atoms with van der Waals surface area (Å²) in [7, 11) is 0. The van der Waals surface area contributed by atoms with Crippen molar-refractivity contribution in [2.75, 3.05) is 13.2 Å². The number of carbonyl (C=O) groups excluding carboxylic acids is 3. The van der Waals surface area contributed by atoms with E-state index in [1.165, 1.54) is 0 Å². The molecule has 3 fully saturated rings. The van der Waals surface area contributed by atoms with Crippen LogP contribution in [0.2, 0.25) is 0 Å². The molecule has 9 heteroatoms. The van der Waals surface area contributed by atoms with Crippen molar-refractivity contribution < 1.29 is 24.2 Å². The lowest BCUT2D eigenvalue weighted by molar-refractivity contribution is -0.154. The average molecular weight is 505 g/mol. The van der Waals surface area contributed by atoms with Gasteiger partial charge in [-0.15, -0.1) is 11.8 Å². The molecule has 2 bridgehead atoms. The standard InChI is InChI=1S/C21H33BrN2O5S/c1-7-29-19(28)13-14-18(27)24(12(9-25)10(2)3)16(17(26)23-20(4,5)6)21(14)8-11(22)15(13)30-21/h10-16,25H,7-9H2,1-6H3,(H,23,26)/t11?,12-,13+,14-,15+,16?,21?/m0/s1. The van der Waals surface area contributed by atoms with E-state index in [9.17, 15) is 19.5 Å². The predicted octanol–water partition coefficient (Wildman–Crippen LogP) is 1.95. The third-order valence-corrected chi connectivity index (χ3v) is 9.57.